The van der Waals surface area contributed by atoms with Crippen LogP contribution in [-0.4, -0.2) is 68.5 Å². The summed E-state index contributed by atoms with van der Waals surface area (Å²) in [4.78, 5) is 25.5. The van der Waals surface area contributed by atoms with Crippen molar-refractivity contribution in [3.8, 4) is 0 Å². The molecule has 0 aliphatic carbocycles. The van der Waals surface area contributed by atoms with Gasteiger partial charge in [-0.2, -0.15) is 0 Å². The predicted molar refractivity (Wildman–Crippen MR) is 316 cm³/mol. The van der Waals surface area contributed by atoms with Crippen molar-refractivity contribution < 1.29 is 32.9 Å². The molecule has 0 bridgehead atoms. The summed E-state index contributed by atoms with van der Waals surface area (Å²) in [5.74, 6) is -0.200. The Kier molecular flexibility index (Phi) is 52.7. The van der Waals surface area contributed by atoms with E-state index in [1.165, 1.54) is 167 Å². The van der Waals surface area contributed by atoms with E-state index in [0.29, 0.717) is 17.4 Å². The fourth-order valence-electron chi connectivity index (χ4n) is 8.63. The van der Waals surface area contributed by atoms with Gasteiger partial charge in [0, 0.05) is 6.42 Å². The molecular formula is C64H117N2O6P. The number of rotatable bonds is 55. The lowest BCUT2D eigenvalue weighted by Crippen LogP contribution is -2.45. The first kappa shape index (κ1) is 70.7. The van der Waals surface area contributed by atoms with Gasteiger partial charge in [-0.25, -0.2) is 0 Å². The number of carbonyl (C=O) groups is 1. The molecule has 0 radical (unpaired) electrons. The van der Waals surface area contributed by atoms with Crippen molar-refractivity contribution in [1.29, 1.82) is 0 Å². The molecule has 0 saturated carbocycles. The number of phosphoric acid groups is 1. The molecule has 0 spiro atoms. The van der Waals surface area contributed by atoms with Crippen LogP contribution in [0.25, 0.3) is 0 Å². The smallest absolute Gasteiger partial charge is 0.268 e. The number of phosphoric ester groups is 1. The molecule has 0 heterocycles. The van der Waals surface area contributed by atoms with E-state index >= 15 is 0 Å². The minimum Gasteiger partial charge on any atom is -0.756 e. The zero-order valence-corrected chi connectivity index (χ0v) is 49.2. The Balaban J connectivity index is 4.17. The van der Waals surface area contributed by atoms with Crippen LogP contribution in [0.1, 0.15) is 264 Å². The van der Waals surface area contributed by atoms with E-state index in [0.717, 1.165) is 77.0 Å². The molecule has 2 N–H and O–H groups in total. The van der Waals surface area contributed by atoms with Gasteiger partial charge in [-0.15, -0.1) is 0 Å². The van der Waals surface area contributed by atoms with Crippen molar-refractivity contribution in [2.24, 2.45) is 0 Å². The van der Waals surface area contributed by atoms with E-state index in [4.69, 9.17) is 9.05 Å². The van der Waals surface area contributed by atoms with E-state index < -0.39 is 20.0 Å². The molecule has 0 saturated heterocycles. The van der Waals surface area contributed by atoms with Crippen LogP contribution in [0.2, 0.25) is 0 Å². The maximum atomic E-state index is 13.0. The summed E-state index contributed by atoms with van der Waals surface area (Å²) in [6.45, 7) is 4.55. The van der Waals surface area contributed by atoms with E-state index in [1.54, 1.807) is 6.08 Å². The highest BCUT2D eigenvalue weighted by Gasteiger charge is 2.23. The minimum absolute atomic E-state index is 0.00397. The first-order valence-corrected chi connectivity index (χ1v) is 31.9. The lowest BCUT2D eigenvalue weighted by Gasteiger charge is -2.29. The summed E-state index contributed by atoms with van der Waals surface area (Å²) >= 11 is 0. The third-order valence-electron chi connectivity index (χ3n) is 13.4. The third kappa shape index (κ3) is 57.2. The van der Waals surface area contributed by atoms with Crippen LogP contribution in [0.3, 0.4) is 0 Å². The number of amides is 1. The van der Waals surface area contributed by atoms with Gasteiger partial charge in [-0.3, -0.25) is 9.36 Å². The van der Waals surface area contributed by atoms with Crippen LogP contribution in [0.5, 0.6) is 0 Å². The summed E-state index contributed by atoms with van der Waals surface area (Å²) in [7, 11) is 1.26. The number of carbonyl (C=O) groups excluding carboxylic acids is 1. The average Bonchev–Trinajstić information content (AvgIpc) is 3.35. The standard InChI is InChI=1S/C64H117N2O6P/c1-6-8-10-12-14-16-18-20-22-24-26-28-29-30-31-32-33-34-35-36-37-38-40-42-44-46-48-50-52-54-56-58-64(68)65-62(61-72-73(69,70)71-60-59-66(3,4)5)63(67)57-55-53-51-49-47-45-43-41-39-27-25-23-21-19-17-15-13-11-9-7-2/h8,10,14,16,20,22,26,28,30-31,33-34,55,57,62-63,67H,6-7,9,11-13,15,17-19,21,23-25,27,29,32,35-54,56,58-61H2,1-5H3,(H-,65,68,69,70)/b10-8-,16-14-,22-20-,28-26-,31-30-,34-33-,57-55+. The monoisotopic (exact) mass is 1040 g/mol. The zero-order valence-electron chi connectivity index (χ0n) is 48.3. The number of nitrogens with zero attached hydrogens (tertiary/aromatic N) is 1. The van der Waals surface area contributed by atoms with Crippen LogP contribution in [-0.2, 0) is 18.4 Å². The molecule has 8 nitrogen and oxygen atoms in total. The SMILES string of the molecule is CC/C=C\C/C=C\C/C=C\C/C=C\C/C=C\C/C=C\CCCCCCCCCCCCCCC(=O)NC(COP(=O)([O-])OCC[N+](C)(C)C)C(O)/C=C/CCCCCCCCCCCCCCCCCCCC. The summed E-state index contributed by atoms with van der Waals surface area (Å²) in [6.07, 6.45) is 76.6. The topological polar surface area (TPSA) is 108 Å². The number of aliphatic hydroxyl groups excluding tert-OH is 1. The van der Waals surface area contributed by atoms with Gasteiger partial charge >= 0.3 is 0 Å². The molecular weight excluding hydrogens is 924 g/mol. The van der Waals surface area contributed by atoms with E-state index in [2.05, 4.69) is 92.1 Å². The van der Waals surface area contributed by atoms with Gasteiger partial charge in [0.05, 0.1) is 39.9 Å². The first-order chi connectivity index (χ1) is 35.5. The van der Waals surface area contributed by atoms with Gasteiger partial charge in [-0.05, 0) is 70.6 Å². The Morgan fingerprint density at radius 2 is 0.836 bits per heavy atom. The quantitative estimate of drug-likeness (QED) is 0.0272. The maximum absolute atomic E-state index is 13.0. The zero-order chi connectivity index (χ0) is 53.5. The summed E-state index contributed by atoms with van der Waals surface area (Å²) in [6, 6.07) is -0.893. The fourth-order valence-corrected chi connectivity index (χ4v) is 9.35. The highest BCUT2D eigenvalue weighted by atomic mass is 31.2. The Bertz CT molecular complexity index is 1460. The number of unbranched alkanes of at least 4 members (excludes halogenated alkanes) is 30. The molecule has 0 aromatic heterocycles. The Morgan fingerprint density at radius 3 is 1.22 bits per heavy atom. The van der Waals surface area contributed by atoms with E-state index in [-0.39, 0.29) is 19.1 Å². The van der Waals surface area contributed by atoms with Gasteiger partial charge in [0.1, 0.15) is 13.2 Å². The third-order valence-corrected chi connectivity index (χ3v) is 14.3. The number of nitrogens with one attached hydrogen (secondary N) is 1. The molecule has 9 heteroatoms. The second-order valence-electron chi connectivity index (χ2n) is 21.7. The number of aliphatic hydroxyl groups is 1. The number of allylic oxidation sites excluding steroid dienone is 13. The normalized spacial score (nSPS) is 14.5. The predicted octanol–water partition coefficient (Wildman–Crippen LogP) is 18.2. The number of hydrogen-bond donors (Lipinski definition) is 2. The van der Waals surface area contributed by atoms with E-state index in [9.17, 15) is 19.4 Å². The molecule has 3 atom stereocenters. The van der Waals surface area contributed by atoms with Crippen LogP contribution >= 0.6 is 7.82 Å². The van der Waals surface area contributed by atoms with E-state index in [1.807, 2.05) is 27.2 Å². The van der Waals surface area contributed by atoms with Crippen molar-refractivity contribution in [3.05, 3.63) is 85.1 Å². The van der Waals surface area contributed by atoms with Crippen molar-refractivity contribution in [2.75, 3.05) is 40.9 Å². The lowest BCUT2D eigenvalue weighted by atomic mass is 10.0. The van der Waals surface area contributed by atoms with Gasteiger partial charge in [0.2, 0.25) is 5.91 Å². The molecule has 424 valence electrons. The van der Waals surface area contributed by atoms with Gasteiger partial charge in [0.15, 0.2) is 0 Å². The van der Waals surface area contributed by atoms with Crippen molar-refractivity contribution in [1.82, 2.24) is 5.32 Å². The highest BCUT2D eigenvalue weighted by Crippen LogP contribution is 2.38. The molecule has 0 aromatic carbocycles. The molecule has 0 fully saturated rings. The molecule has 0 aliphatic heterocycles. The lowest BCUT2D eigenvalue weighted by molar-refractivity contribution is -0.870. The fraction of sp³-hybridized carbons (Fsp3) is 0.766. The average molecular weight is 1040 g/mol. The second-order valence-corrected chi connectivity index (χ2v) is 23.1. The minimum atomic E-state index is -4.60. The van der Waals surface area contributed by atoms with Crippen LogP contribution < -0.4 is 10.2 Å². The van der Waals surface area contributed by atoms with Crippen molar-refractivity contribution in [2.45, 2.75) is 276 Å². The summed E-state index contributed by atoms with van der Waals surface area (Å²) in [5.41, 5.74) is 0. The Morgan fingerprint density at radius 1 is 0.493 bits per heavy atom. The molecule has 3 unspecified atom stereocenters. The Labute approximate surface area is 452 Å². The second kappa shape index (κ2) is 54.5. The van der Waals surface area contributed by atoms with Gasteiger partial charge in [0.25, 0.3) is 7.82 Å². The van der Waals surface area contributed by atoms with Crippen LogP contribution in [0.15, 0.2) is 85.1 Å². The van der Waals surface area contributed by atoms with Gasteiger partial charge in [-0.1, -0.05) is 272 Å². The number of hydrogen-bond acceptors (Lipinski definition) is 6. The summed E-state index contributed by atoms with van der Waals surface area (Å²) < 4.78 is 23.4. The summed E-state index contributed by atoms with van der Waals surface area (Å²) in [5, 5.41) is 13.9. The maximum Gasteiger partial charge on any atom is 0.268 e. The number of likely N-dealkylation sites (N-methyl/N-ethyl adjacent to an activating group) is 1. The van der Waals surface area contributed by atoms with Crippen LogP contribution in [0, 0.1) is 0 Å². The van der Waals surface area contributed by atoms with Crippen LogP contribution in [0.4, 0.5) is 0 Å². The molecule has 0 rings (SSSR count). The number of quaternary nitrogens is 1. The van der Waals surface area contributed by atoms with Crippen molar-refractivity contribution in [3.63, 3.8) is 0 Å². The molecule has 73 heavy (non-hydrogen) atoms. The molecule has 0 aliphatic rings. The van der Waals surface area contributed by atoms with Gasteiger partial charge < -0.3 is 28.8 Å². The largest absolute Gasteiger partial charge is 0.756 e. The highest BCUT2D eigenvalue weighted by molar-refractivity contribution is 7.45. The molecule has 1 amide bonds. The first-order valence-electron chi connectivity index (χ1n) is 30.4. The molecule has 0 aromatic rings. The Hall–Kier alpha value is -2.32. The van der Waals surface area contributed by atoms with Crippen molar-refractivity contribution >= 4 is 13.7 Å².